The van der Waals surface area contributed by atoms with Crippen molar-refractivity contribution in [3.05, 3.63) is 29.1 Å². The fraction of sp³-hybridized carbons (Fsp3) is 0.125. The maximum Gasteiger partial charge on any atom is 0.488 e. The smallest absolute Gasteiger partial charge is 0.423 e. The molecule has 1 aromatic carbocycles. The molecule has 0 aromatic heterocycles. The zero-order valence-electron chi connectivity index (χ0n) is 7.49. The molecular weight excluding hydrogens is 188 g/mol. The molecule has 4 nitrogen and oxygen atoms in total. The van der Waals surface area contributed by atoms with E-state index in [0.717, 1.165) is 6.07 Å². The number of carbonyl (C=O) groups excluding carboxylic acids is 1. The number of rotatable bonds is 2. The topological polar surface area (TPSA) is 83.6 Å². The van der Waals surface area contributed by atoms with Crippen LogP contribution in [0.5, 0.6) is 0 Å². The van der Waals surface area contributed by atoms with Gasteiger partial charge in [0.05, 0.1) is 5.56 Å². The summed E-state index contributed by atoms with van der Waals surface area (Å²) in [6.07, 6.45) is 0. The second kappa shape index (κ2) is 3.77. The van der Waals surface area contributed by atoms with Gasteiger partial charge in [0.1, 0.15) is 5.82 Å². The summed E-state index contributed by atoms with van der Waals surface area (Å²) in [6.45, 7) is 1.53. The number of primary amides is 1. The van der Waals surface area contributed by atoms with Crippen LogP contribution in [-0.4, -0.2) is 23.1 Å². The van der Waals surface area contributed by atoms with E-state index in [4.69, 9.17) is 15.8 Å². The monoisotopic (exact) mass is 197 g/mol. The Hall–Kier alpha value is -1.40. The summed E-state index contributed by atoms with van der Waals surface area (Å²) >= 11 is 0. The van der Waals surface area contributed by atoms with Crippen LogP contribution in [0.15, 0.2) is 12.1 Å². The highest BCUT2D eigenvalue weighted by Gasteiger charge is 2.18. The van der Waals surface area contributed by atoms with Crippen LogP contribution in [0.1, 0.15) is 15.9 Å². The minimum Gasteiger partial charge on any atom is -0.423 e. The second-order valence-corrected chi connectivity index (χ2v) is 2.93. The molecule has 1 rings (SSSR count). The van der Waals surface area contributed by atoms with Gasteiger partial charge in [-0.1, -0.05) is 5.56 Å². The van der Waals surface area contributed by atoms with E-state index in [1.165, 1.54) is 13.0 Å². The van der Waals surface area contributed by atoms with Crippen LogP contribution in [0.3, 0.4) is 0 Å². The summed E-state index contributed by atoms with van der Waals surface area (Å²) < 4.78 is 13.1. The van der Waals surface area contributed by atoms with E-state index in [0.29, 0.717) is 5.56 Å². The van der Waals surface area contributed by atoms with Crippen LogP contribution in [0.25, 0.3) is 0 Å². The van der Waals surface area contributed by atoms with Gasteiger partial charge in [0.15, 0.2) is 0 Å². The highest BCUT2D eigenvalue weighted by atomic mass is 19.1. The average Bonchev–Trinajstić information content (AvgIpc) is 2.07. The summed E-state index contributed by atoms with van der Waals surface area (Å²) in [5, 5.41) is 17.7. The van der Waals surface area contributed by atoms with Crippen molar-refractivity contribution < 1.29 is 19.2 Å². The summed E-state index contributed by atoms with van der Waals surface area (Å²) in [5.41, 5.74) is 5.07. The van der Waals surface area contributed by atoms with Crippen molar-refractivity contribution in [2.24, 2.45) is 5.73 Å². The van der Waals surface area contributed by atoms with Crippen molar-refractivity contribution in [1.29, 1.82) is 0 Å². The Morgan fingerprint density at radius 2 is 2.07 bits per heavy atom. The Balaban J connectivity index is 3.31. The molecule has 0 saturated carbocycles. The molecule has 0 aliphatic rings. The van der Waals surface area contributed by atoms with E-state index >= 15 is 0 Å². The number of carbonyl (C=O) groups is 1. The molecule has 4 N–H and O–H groups in total. The van der Waals surface area contributed by atoms with Crippen molar-refractivity contribution >= 4 is 18.5 Å². The summed E-state index contributed by atoms with van der Waals surface area (Å²) in [6, 6.07) is 2.08. The molecule has 0 saturated heterocycles. The second-order valence-electron chi connectivity index (χ2n) is 2.93. The van der Waals surface area contributed by atoms with E-state index < -0.39 is 18.8 Å². The van der Waals surface area contributed by atoms with Gasteiger partial charge < -0.3 is 15.8 Å². The highest BCUT2D eigenvalue weighted by Crippen LogP contribution is 2.07. The van der Waals surface area contributed by atoms with Gasteiger partial charge in [-0.05, 0) is 24.5 Å². The Morgan fingerprint density at radius 3 is 2.50 bits per heavy atom. The third kappa shape index (κ3) is 1.91. The van der Waals surface area contributed by atoms with Crippen molar-refractivity contribution in [1.82, 2.24) is 0 Å². The number of aryl methyl sites for hydroxylation is 1. The molecular formula is C8H9BFNO3. The first-order valence-corrected chi connectivity index (χ1v) is 3.89. The zero-order valence-corrected chi connectivity index (χ0v) is 7.49. The van der Waals surface area contributed by atoms with Gasteiger partial charge in [0.2, 0.25) is 0 Å². The summed E-state index contributed by atoms with van der Waals surface area (Å²) in [5.74, 6) is -1.74. The van der Waals surface area contributed by atoms with Gasteiger partial charge >= 0.3 is 7.12 Å². The number of hydrogen-bond acceptors (Lipinski definition) is 3. The Bertz CT molecular complexity index is 381. The number of hydrogen-bond donors (Lipinski definition) is 3. The lowest BCUT2D eigenvalue weighted by atomic mass is 9.76. The van der Waals surface area contributed by atoms with Gasteiger partial charge in [-0.15, -0.1) is 0 Å². The van der Waals surface area contributed by atoms with E-state index in [1.807, 2.05) is 0 Å². The van der Waals surface area contributed by atoms with Gasteiger partial charge in [-0.2, -0.15) is 0 Å². The first-order chi connectivity index (χ1) is 6.43. The van der Waals surface area contributed by atoms with Crippen molar-refractivity contribution in [3.8, 4) is 0 Å². The van der Waals surface area contributed by atoms with Crippen LogP contribution in [-0.2, 0) is 0 Å². The molecule has 74 valence electrons. The molecule has 1 amide bonds. The van der Waals surface area contributed by atoms with Crippen molar-refractivity contribution in [2.75, 3.05) is 0 Å². The molecule has 0 radical (unpaired) electrons. The van der Waals surface area contributed by atoms with Gasteiger partial charge in [0.25, 0.3) is 5.91 Å². The third-order valence-corrected chi connectivity index (χ3v) is 1.90. The minimum absolute atomic E-state index is 0.0208. The zero-order chi connectivity index (χ0) is 10.9. The number of amides is 1. The molecule has 0 atom stereocenters. The first kappa shape index (κ1) is 10.7. The largest absolute Gasteiger partial charge is 0.488 e. The Morgan fingerprint density at radius 1 is 1.50 bits per heavy atom. The fourth-order valence-corrected chi connectivity index (χ4v) is 1.16. The van der Waals surface area contributed by atoms with Crippen molar-refractivity contribution in [3.63, 3.8) is 0 Å². The molecule has 0 aliphatic heterocycles. The standard InChI is InChI=1S/C8H9BFNO3/c1-4-2-5(8(11)12)7(10)3-6(4)9(13)14/h2-3,13-14H,1H3,(H2,11,12). The average molecular weight is 197 g/mol. The predicted octanol–water partition coefficient (Wildman–Crippen LogP) is -1.09. The normalized spacial score (nSPS) is 10.0. The fourth-order valence-electron chi connectivity index (χ4n) is 1.16. The number of benzene rings is 1. The predicted molar refractivity (Wildman–Crippen MR) is 49.5 cm³/mol. The minimum atomic E-state index is -1.76. The molecule has 0 bridgehead atoms. The van der Waals surface area contributed by atoms with Crippen LogP contribution in [0.2, 0.25) is 0 Å². The lowest BCUT2D eigenvalue weighted by Crippen LogP contribution is -2.33. The van der Waals surface area contributed by atoms with E-state index in [1.54, 1.807) is 0 Å². The van der Waals surface area contributed by atoms with E-state index in [-0.39, 0.29) is 11.0 Å². The molecule has 0 aliphatic carbocycles. The van der Waals surface area contributed by atoms with Crippen LogP contribution in [0, 0.1) is 12.7 Å². The van der Waals surface area contributed by atoms with Gasteiger partial charge in [-0.25, -0.2) is 4.39 Å². The van der Waals surface area contributed by atoms with E-state index in [9.17, 15) is 9.18 Å². The third-order valence-electron chi connectivity index (χ3n) is 1.90. The SMILES string of the molecule is Cc1cc(C(N)=O)c(F)cc1B(O)O. The Labute approximate surface area is 80.3 Å². The van der Waals surface area contributed by atoms with Crippen LogP contribution < -0.4 is 11.2 Å². The lowest BCUT2D eigenvalue weighted by Gasteiger charge is -2.06. The summed E-state index contributed by atoms with van der Waals surface area (Å²) in [4.78, 5) is 10.7. The number of halogens is 1. The molecule has 0 heterocycles. The molecule has 0 unspecified atom stereocenters. The van der Waals surface area contributed by atoms with Gasteiger partial charge in [0, 0.05) is 0 Å². The molecule has 14 heavy (non-hydrogen) atoms. The Kier molecular flexibility index (Phi) is 2.88. The molecule has 0 spiro atoms. The lowest BCUT2D eigenvalue weighted by molar-refractivity contribution is 0.0996. The first-order valence-electron chi connectivity index (χ1n) is 3.89. The highest BCUT2D eigenvalue weighted by molar-refractivity contribution is 6.59. The van der Waals surface area contributed by atoms with Crippen LogP contribution >= 0.6 is 0 Å². The molecule has 0 fully saturated rings. The van der Waals surface area contributed by atoms with Crippen LogP contribution in [0.4, 0.5) is 4.39 Å². The number of nitrogens with two attached hydrogens (primary N) is 1. The molecule has 1 aromatic rings. The van der Waals surface area contributed by atoms with E-state index in [2.05, 4.69) is 0 Å². The van der Waals surface area contributed by atoms with Crippen molar-refractivity contribution in [2.45, 2.75) is 6.92 Å². The van der Waals surface area contributed by atoms with Gasteiger partial charge in [-0.3, -0.25) is 4.79 Å². The maximum atomic E-state index is 13.1. The molecule has 6 heteroatoms. The quantitative estimate of drug-likeness (QED) is 0.527. The maximum absolute atomic E-state index is 13.1. The summed E-state index contributed by atoms with van der Waals surface area (Å²) in [7, 11) is -1.76.